The van der Waals surface area contributed by atoms with Crippen molar-refractivity contribution in [3.63, 3.8) is 0 Å². The van der Waals surface area contributed by atoms with Gasteiger partial charge in [0, 0.05) is 17.7 Å². The number of methoxy groups -OCH3 is 1. The van der Waals surface area contributed by atoms with E-state index in [0.29, 0.717) is 58.8 Å². The third-order valence-corrected chi connectivity index (χ3v) is 14.3. The van der Waals surface area contributed by atoms with Crippen LogP contribution in [0.25, 0.3) is 33.0 Å². The molecule has 0 unspecified atom stereocenters. The maximum absolute atomic E-state index is 14.9. The quantitative estimate of drug-likeness (QED) is 0.185. The number of alkyl carbamates (subject to hydrolysis) is 1. The highest BCUT2D eigenvalue weighted by Crippen LogP contribution is 2.47. The van der Waals surface area contributed by atoms with Crippen LogP contribution in [-0.2, 0) is 29.1 Å². The van der Waals surface area contributed by atoms with E-state index in [1.807, 2.05) is 18.2 Å². The first kappa shape index (κ1) is 40.0. The number of amides is 4. The predicted octanol–water partition coefficient (Wildman–Crippen LogP) is 5.67. The predicted molar refractivity (Wildman–Crippen MR) is 217 cm³/mol. The van der Waals surface area contributed by atoms with Gasteiger partial charge < -0.3 is 34.2 Å². The summed E-state index contributed by atoms with van der Waals surface area (Å²) in [6.07, 6.45) is 9.35. The third-order valence-electron chi connectivity index (χ3n) is 12.5. The van der Waals surface area contributed by atoms with Gasteiger partial charge in [-0.15, -0.1) is 0 Å². The van der Waals surface area contributed by atoms with Gasteiger partial charge in [0.1, 0.15) is 41.2 Å². The maximum atomic E-state index is 14.9. The van der Waals surface area contributed by atoms with Crippen LogP contribution in [-0.4, -0.2) is 90.9 Å². The number of rotatable bonds is 8. The highest BCUT2D eigenvalue weighted by atomic mass is 32.2. The smallest absolute Gasteiger partial charge is 0.408 e. The summed E-state index contributed by atoms with van der Waals surface area (Å²) in [6, 6.07) is 7.18. The van der Waals surface area contributed by atoms with Gasteiger partial charge in [0.15, 0.2) is 22.7 Å². The van der Waals surface area contributed by atoms with Gasteiger partial charge in [-0.25, -0.2) is 22.6 Å². The Morgan fingerprint density at radius 3 is 2.57 bits per heavy atom. The molecular weight excluding hydrogens is 798 g/mol. The number of para-hydroxylation sites is 1. The fourth-order valence-corrected chi connectivity index (χ4v) is 10.4. The van der Waals surface area contributed by atoms with Crippen molar-refractivity contribution >= 4 is 66.8 Å². The molecular formula is C43H48FN5O10S. The minimum absolute atomic E-state index is 0.0699. The number of aromatic nitrogens is 1. The zero-order chi connectivity index (χ0) is 41.8. The number of ether oxygens (including phenoxy) is 3. The Kier molecular flexibility index (Phi) is 10.6. The fourth-order valence-electron chi connectivity index (χ4n) is 9.00. The lowest BCUT2D eigenvalue weighted by Crippen LogP contribution is -2.58. The SMILES string of the molecule is COc1cccc2c1oc1c(O[C@@H]3C[C@H]4C(=O)N[C@]5(C(=O)NS(=O)(=O)C6CC6)C[C@H]5C=CCCCCC[C@H](NC(=O)OC5CCCC5)C(=O)N4C3)c3cc(F)ccc3nc12. The van der Waals surface area contributed by atoms with Crippen molar-refractivity contribution in [3.05, 3.63) is 54.4 Å². The molecule has 15 nitrogen and oxygen atoms in total. The van der Waals surface area contributed by atoms with Gasteiger partial charge in [-0.2, -0.15) is 0 Å². The number of nitrogens with one attached hydrogen (secondary N) is 3. The van der Waals surface area contributed by atoms with Crippen molar-refractivity contribution in [3.8, 4) is 11.5 Å². The minimum atomic E-state index is -3.94. The van der Waals surface area contributed by atoms with Crippen LogP contribution in [0, 0.1) is 11.7 Å². The van der Waals surface area contributed by atoms with E-state index in [1.165, 1.54) is 30.2 Å². The molecule has 0 spiro atoms. The number of allylic oxidation sites excluding steroid dienone is 1. The number of hydrogen-bond acceptors (Lipinski definition) is 11. The summed E-state index contributed by atoms with van der Waals surface area (Å²) >= 11 is 0. The van der Waals surface area contributed by atoms with Crippen LogP contribution >= 0.6 is 0 Å². The van der Waals surface area contributed by atoms with Crippen LogP contribution in [0.3, 0.4) is 0 Å². The second kappa shape index (κ2) is 15.9. The van der Waals surface area contributed by atoms with E-state index in [0.717, 1.165) is 38.5 Å². The Hall–Kier alpha value is -5.45. The van der Waals surface area contributed by atoms with E-state index in [-0.39, 0.29) is 43.2 Å². The molecule has 2 aromatic carbocycles. The van der Waals surface area contributed by atoms with Crippen LogP contribution in [0.1, 0.15) is 83.5 Å². The molecule has 4 heterocycles. The Morgan fingerprint density at radius 1 is 0.983 bits per heavy atom. The van der Waals surface area contributed by atoms with E-state index in [9.17, 15) is 32.0 Å². The molecule has 5 aliphatic rings. The van der Waals surface area contributed by atoms with Crippen LogP contribution in [0.15, 0.2) is 53.0 Å². The van der Waals surface area contributed by atoms with Gasteiger partial charge in [-0.3, -0.25) is 19.1 Å². The third kappa shape index (κ3) is 7.71. The largest absolute Gasteiger partial charge is 0.493 e. The summed E-state index contributed by atoms with van der Waals surface area (Å²) in [5, 5.41) is 5.95. The number of hydrogen-bond donors (Lipinski definition) is 3. The molecule has 3 aliphatic carbocycles. The van der Waals surface area contributed by atoms with E-state index < -0.39 is 74.5 Å². The molecule has 17 heteroatoms. The Bertz CT molecular complexity index is 2520. The lowest BCUT2D eigenvalue weighted by atomic mass is 10.0. The molecule has 3 saturated carbocycles. The summed E-state index contributed by atoms with van der Waals surface area (Å²) in [5.41, 5.74) is -0.105. The standard InChI is InChI=1S/C43H48FN5O10S/c1-56-34-15-9-13-29-35-38(59-36(29)34)37(30-20-25(44)16-19-31(30)45-35)57-27-21-33-39(50)47-43(41(52)48-60(54,55)28-17-18-28)22-24(43)10-5-3-2-4-6-14-32(40(51)49(33)23-27)46-42(53)58-26-11-7-8-12-26/h5,9-10,13,15-16,19-20,24,26-28,32-33H,2-4,6-8,11-12,14,17-18,21-23H2,1H3,(H,46,53)(H,47,50)(H,48,52)/t24-,27-,32+,33+,43-/m1/s1. The second-order valence-electron chi connectivity index (χ2n) is 16.7. The topological polar surface area (TPSA) is 195 Å². The Labute approximate surface area is 345 Å². The molecule has 2 aliphatic heterocycles. The van der Waals surface area contributed by atoms with Crippen LogP contribution in [0.4, 0.5) is 9.18 Å². The van der Waals surface area contributed by atoms with E-state index in [2.05, 4.69) is 15.4 Å². The zero-order valence-corrected chi connectivity index (χ0v) is 34.1. The van der Waals surface area contributed by atoms with Crippen molar-refractivity contribution in [2.75, 3.05) is 13.7 Å². The first-order chi connectivity index (χ1) is 28.9. The van der Waals surface area contributed by atoms with Gasteiger partial charge in [-0.1, -0.05) is 31.1 Å². The molecule has 1 saturated heterocycles. The number of fused-ring (bicyclic) bond motifs is 6. The Morgan fingerprint density at radius 2 is 1.78 bits per heavy atom. The summed E-state index contributed by atoms with van der Waals surface area (Å²) in [5.74, 6) is -2.48. The molecule has 0 bridgehead atoms. The minimum Gasteiger partial charge on any atom is -0.493 e. The van der Waals surface area contributed by atoms with Crippen LogP contribution in [0.5, 0.6) is 11.5 Å². The van der Waals surface area contributed by atoms with Gasteiger partial charge in [0.2, 0.25) is 21.8 Å². The maximum Gasteiger partial charge on any atom is 0.408 e. The molecule has 4 amide bonds. The highest BCUT2D eigenvalue weighted by molar-refractivity contribution is 7.91. The van der Waals surface area contributed by atoms with Gasteiger partial charge in [0.05, 0.1) is 29.8 Å². The Balaban J connectivity index is 1.08. The number of benzene rings is 2. The van der Waals surface area contributed by atoms with E-state index in [1.54, 1.807) is 12.1 Å². The number of carbonyl (C=O) groups is 4. The number of pyridine rings is 1. The average Bonchev–Trinajstić information content (AvgIpc) is 4.04. The second-order valence-corrected chi connectivity index (χ2v) is 18.7. The summed E-state index contributed by atoms with van der Waals surface area (Å²) in [6.45, 7) is -0.129. The molecule has 5 atom stereocenters. The number of halogens is 1. The fraction of sp³-hybridized carbons (Fsp3) is 0.512. The lowest BCUT2D eigenvalue weighted by molar-refractivity contribution is -0.141. The summed E-state index contributed by atoms with van der Waals surface area (Å²) in [4.78, 5) is 62.7. The summed E-state index contributed by atoms with van der Waals surface area (Å²) in [7, 11) is -2.43. The van der Waals surface area contributed by atoms with Gasteiger partial charge >= 0.3 is 6.09 Å². The molecule has 60 heavy (non-hydrogen) atoms. The molecule has 4 fully saturated rings. The number of furan rings is 1. The van der Waals surface area contributed by atoms with Crippen molar-refractivity contribution in [1.29, 1.82) is 0 Å². The molecule has 4 aromatic rings. The normalized spacial score (nSPS) is 26.5. The average molecular weight is 846 g/mol. The van der Waals surface area contributed by atoms with Gasteiger partial charge in [-0.05, 0) is 94.5 Å². The molecule has 2 aromatic heterocycles. The monoisotopic (exact) mass is 845 g/mol. The van der Waals surface area contributed by atoms with Crippen LogP contribution in [0.2, 0.25) is 0 Å². The summed E-state index contributed by atoms with van der Waals surface area (Å²) < 4.78 is 67.3. The molecule has 318 valence electrons. The molecule has 0 radical (unpaired) electrons. The van der Waals surface area contributed by atoms with Gasteiger partial charge in [0.25, 0.3) is 5.91 Å². The molecule has 3 N–H and O–H groups in total. The van der Waals surface area contributed by atoms with Crippen molar-refractivity contribution in [2.45, 2.75) is 119 Å². The first-order valence-corrected chi connectivity index (χ1v) is 22.5. The van der Waals surface area contributed by atoms with Crippen molar-refractivity contribution in [2.24, 2.45) is 5.92 Å². The number of nitrogens with zero attached hydrogens (tertiary/aromatic N) is 2. The van der Waals surface area contributed by atoms with E-state index in [4.69, 9.17) is 23.6 Å². The zero-order valence-electron chi connectivity index (χ0n) is 33.2. The van der Waals surface area contributed by atoms with Crippen LogP contribution < -0.4 is 24.8 Å². The van der Waals surface area contributed by atoms with E-state index >= 15 is 0 Å². The number of carbonyl (C=O) groups excluding carboxylic acids is 4. The first-order valence-electron chi connectivity index (χ1n) is 20.9. The highest BCUT2D eigenvalue weighted by Gasteiger charge is 2.62. The van der Waals surface area contributed by atoms with Crippen molar-refractivity contribution < 1.29 is 50.6 Å². The number of sulfonamides is 1. The van der Waals surface area contributed by atoms with Crippen molar-refractivity contribution in [1.82, 2.24) is 25.2 Å². The lowest BCUT2D eigenvalue weighted by Gasteiger charge is -2.30. The molecule has 9 rings (SSSR count).